The fourth-order valence-corrected chi connectivity index (χ4v) is 2.58. The Balaban J connectivity index is 1.98. The second kappa shape index (κ2) is 7.18. The van der Waals surface area contributed by atoms with Crippen LogP contribution in [-0.4, -0.2) is 30.2 Å². The molecule has 3 aromatic rings. The summed E-state index contributed by atoms with van der Waals surface area (Å²) in [5.41, 5.74) is 5.71. The lowest BCUT2D eigenvalue weighted by atomic mass is 10.2. The summed E-state index contributed by atoms with van der Waals surface area (Å²) < 4.78 is 2.63. The number of rotatable bonds is 6. The summed E-state index contributed by atoms with van der Waals surface area (Å²) in [5.74, 6) is 0.271. The van der Waals surface area contributed by atoms with Crippen molar-refractivity contribution in [2.75, 3.05) is 0 Å². The molecule has 26 heavy (non-hydrogen) atoms. The van der Waals surface area contributed by atoms with Gasteiger partial charge in [-0.05, 0) is 5.56 Å². The van der Waals surface area contributed by atoms with Gasteiger partial charge in [-0.2, -0.15) is 5.10 Å². The molecule has 9 nitrogen and oxygen atoms in total. The third-order valence-corrected chi connectivity index (χ3v) is 3.90. The maximum absolute atomic E-state index is 12.3. The molecule has 0 aliphatic rings. The Morgan fingerprint density at radius 3 is 2.65 bits per heavy atom. The van der Waals surface area contributed by atoms with Gasteiger partial charge in [0.05, 0.1) is 13.0 Å². The van der Waals surface area contributed by atoms with Crippen LogP contribution in [0.5, 0.6) is 0 Å². The van der Waals surface area contributed by atoms with Crippen molar-refractivity contribution < 1.29 is 4.79 Å². The van der Waals surface area contributed by atoms with E-state index in [1.807, 2.05) is 30.3 Å². The normalized spacial score (nSPS) is 10.8. The molecule has 9 heteroatoms. The van der Waals surface area contributed by atoms with Gasteiger partial charge in [0.1, 0.15) is 5.82 Å². The first kappa shape index (κ1) is 17.3. The third kappa shape index (κ3) is 3.77. The second-order valence-electron chi connectivity index (χ2n) is 5.89. The van der Waals surface area contributed by atoms with E-state index in [0.717, 1.165) is 10.1 Å². The number of primary amides is 1. The summed E-state index contributed by atoms with van der Waals surface area (Å²) in [6.45, 7) is 0.436. The molecule has 3 rings (SSSR count). The number of benzene rings is 1. The summed E-state index contributed by atoms with van der Waals surface area (Å²) in [4.78, 5) is 41.8. The van der Waals surface area contributed by atoms with Crippen LogP contribution in [0.25, 0.3) is 0 Å². The Morgan fingerprint density at radius 1 is 1.23 bits per heavy atom. The number of nitrogens with two attached hydrogens (primary N) is 1. The summed E-state index contributed by atoms with van der Waals surface area (Å²) >= 11 is 0. The van der Waals surface area contributed by atoms with Gasteiger partial charge in [0.2, 0.25) is 5.91 Å². The van der Waals surface area contributed by atoms with E-state index >= 15 is 0 Å². The van der Waals surface area contributed by atoms with Crippen LogP contribution in [-0.2, 0) is 31.2 Å². The number of amides is 1. The highest BCUT2D eigenvalue weighted by molar-refractivity contribution is 5.75. The lowest BCUT2D eigenvalue weighted by molar-refractivity contribution is -0.117. The number of carbonyl (C=O) groups excluding carboxylic acids is 1. The summed E-state index contributed by atoms with van der Waals surface area (Å²) in [6.07, 6.45) is 1.46. The van der Waals surface area contributed by atoms with Crippen molar-refractivity contribution in [1.82, 2.24) is 24.3 Å². The zero-order valence-corrected chi connectivity index (χ0v) is 14.2. The molecule has 0 radical (unpaired) electrons. The fourth-order valence-electron chi connectivity index (χ4n) is 2.58. The smallest absolute Gasteiger partial charge is 0.328 e. The van der Waals surface area contributed by atoms with E-state index in [0.29, 0.717) is 23.8 Å². The molecule has 0 spiro atoms. The van der Waals surface area contributed by atoms with Crippen LogP contribution in [0.1, 0.15) is 22.8 Å². The van der Waals surface area contributed by atoms with Crippen molar-refractivity contribution in [2.24, 2.45) is 12.8 Å². The zero-order valence-electron chi connectivity index (χ0n) is 14.2. The zero-order chi connectivity index (χ0) is 18.7. The summed E-state index contributed by atoms with van der Waals surface area (Å²) in [6, 6.07) is 9.62. The number of H-pyrrole nitrogens is 1. The van der Waals surface area contributed by atoms with Crippen LogP contribution in [0.15, 0.2) is 46.1 Å². The third-order valence-electron chi connectivity index (χ3n) is 3.90. The van der Waals surface area contributed by atoms with Crippen molar-refractivity contribution in [3.63, 3.8) is 0 Å². The van der Waals surface area contributed by atoms with Crippen molar-refractivity contribution in [2.45, 2.75) is 19.4 Å². The van der Waals surface area contributed by atoms with Crippen molar-refractivity contribution in [3.8, 4) is 0 Å². The molecule has 0 saturated heterocycles. The van der Waals surface area contributed by atoms with E-state index in [-0.39, 0.29) is 12.8 Å². The minimum atomic E-state index is -0.534. The van der Waals surface area contributed by atoms with E-state index in [2.05, 4.69) is 15.1 Å². The highest BCUT2D eigenvalue weighted by Gasteiger charge is 2.15. The van der Waals surface area contributed by atoms with E-state index in [9.17, 15) is 14.4 Å². The van der Waals surface area contributed by atoms with Crippen molar-refractivity contribution in [3.05, 3.63) is 80.1 Å². The van der Waals surface area contributed by atoms with Gasteiger partial charge in [-0.25, -0.2) is 14.5 Å². The minimum absolute atomic E-state index is 0.0849. The average Bonchev–Trinajstić information content (AvgIpc) is 2.96. The van der Waals surface area contributed by atoms with Gasteiger partial charge >= 0.3 is 5.69 Å². The Kier molecular flexibility index (Phi) is 4.78. The summed E-state index contributed by atoms with van der Waals surface area (Å²) in [5, 5.41) is 4.34. The predicted octanol–water partition coefficient (Wildman–Crippen LogP) is -0.668. The highest BCUT2D eigenvalue weighted by atomic mass is 16.2. The van der Waals surface area contributed by atoms with E-state index in [1.165, 1.54) is 13.2 Å². The van der Waals surface area contributed by atoms with Gasteiger partial charge in [-0.1, -0.05) is 30.3 Å². The molecule has 0 aliphatic heterocycles. The van der Waals surface area contributed by atoms with Crippen LogP contribution < -0.4 is 17.0 Å². The molecule has 0 saturated carbocycles. The van der Waals surface area contributed by atoms with E-state index in [4.69, 9.17) is 5.73 Å². The van der Waals surface area contributed by atoms with Crippen molar-refractivity contribution >= 4 is 5.91 Å². The molecule has 0 fully saturated rings. The van der Waals surface area contributed by atoms with Crippen LogP contribution in [0.3, 0.4) is 0 Å². The fraction of sp³-hybridized carbons (Fsp3) is 0.235. The number of nitrogens with one attached hydrogen (secondary N) is 1. The Labute approximate surface area is 148 Å². The molecule has 2 heterocycles. The maximum atomic E-state index is 12.3. The average molecular weight is 354 g/mol. The lowest BCUT2D eigenvalue weighted by Gasteiger charge is -2.06. The molecule has 3 N–H and O–H groups in total. The Morgan fingerprint density at radius 2 is 1.96 bits per heavy atom. The van der Waals surface area contributed by atoms with Gasteiger partial charge in [0, 0.05) is 25.2 Å². The molecule has 0 atom stereocenters. The molecule has 1 aromatic carbocycles. The summed E-state index contributed by atoms with van der Waals surface area (Å²) in [7, 11) is 1.40. The van der Waals surface area contributed by atoms with Gasteiger partial charge in [-0.3, -0.25) is 14.2 Å². The predicted molar refractivity (Wildman–Crippen MR) is 93.6 cm³/mol. The highest BCUT2D eigenvalue weighted by Crippen LogP contribution is 2.09. The molecule has 2 aromatic heterocycles. The monoisotopic (exact) mass is 354 g/mol. The lowest BCUT2D eigenvalue weighted by Crippen LogP contribution is -2.34. The Hall–Kier alpha value is -3.49. The molecule has 1 amide bonds. The van der Waals surface area contributed by atoms with Gasteiger partial charge < -0.3 is 10.7 Å². The Bertz CT molecular complexity index is 1050. The number of aromatic nitrogens is 5. The van der Waals surface area contributed by atoms with Gasteiger partial charge in [-0.15, -0.1) is 0 Å². The molecular formula is C17H18N6O3. The van der Waals surface area contributed by atoms with Gasteiger partial charge in [0.25, 0.3) is 5.56 Å². The molecule has 134 valence electrons. The number of hydrogen-bond acceptors (Lipinski definition) is 5. The molecular weight excluding hydrogens is 336 g/mol. The first-order valence-corrected chi connectivity index (χ1v) is 7.96. The van der Waals surface area contributed by atoms with Gasteiger partial charge in [0.15, 0.2) is 5.82 Å². The van der Waals surface area contributed by atoms with E-state index in [1.54, 1.807) is 4.68 Å². The number of nitrogens with zero attached hydrogens (tertiary/aromatic N) is 4. The quantitative estimate of drug-likeness (QED) is 0.607. The standard InChI is InChI=1S/C17H18N6O3/c1-22-16(25)12(9-19-17(22)26)7-15-20-14(8-13(18)24)21-23(15)10-11-5-3-2-4-6-11/h2-6,9H,7-8,10H2,1H3,(H2,18,24)(H,19,26). The van der Waals surface area contributed by atoms with E-state index < -0.39 is 17.2 Å². The molecule has 0 bridgehead atoms. The molecule has 0 unspecified atom stereocenters. The second-order valence-corrected chi connectivity index (χ2v) is 5.89. The molecule has 0 aliphatic carbocycles. The number of aromatic amines is 1. The SMILES string of the molecule is Cn1c(=O)[nH]cc(Cc2nc(CC(N)=O)nn2Cc2ccccc2)c1=O. The largest absolute Gasteiger partial charge is 0.369 e. The first-order chi connectivity index (χ1) is 12.4. The van der Waals surface area contributed by atoms with Crippen LogP contribution in [0.4, 0.5) is 0 Å². The minimum Gasteiger partial charge on any atom is -0.369 e. The maximum Gasteiger partial charge on any atom is 0.328 e. The van der Waals surface area contributed by atoms with Crippen molar-refractivity contribution in [1.29, 1.82) is 0 Å². The number of carbonyl (C=O) groups is 1. The number of hydrogen-bond donors (Lipinski definition) is 2. The van der Waals surface area contributed by atoms with Crippen LogP contribution >= 0.6 is 0 Å². The first-order valence-electron chi connectivity index (χ1n) is 7.96. The topological polar surface area (TPSA) is 129 Å². The van der Waals surface area contributed by atoms with Crippen LogP contribution in [0.2, 0.25) is 0 Å². The van der Waals surface area contributed by atoms with Crippen LogP contribution in [0, 0.1) is 0 Å².